The summed E-state index contributed by atoms with van der Waals surface area (Å²) in [5.41, 5.74) is 5.36. The van der Waals surface area contributed by atoms with Crippen LogP contribution in [0.2, 0.25) is 0 Å². The number of para-hydroxylation sites is 2. The maximum Gasteiger partial charge on any atom is 0.330 e. The summed E-state index contributed by atoms with van der Waals surface area (Å²) in [5.74, 6) is -1.01. The molecule has 2 heterocycles. The molecule has 0 aliphatic rings. The molecule has 7 nitrogen and oxygen atoms in total. The molecule has 0 radical (unpaired) electrons. The van der Waals surface area contributed by atoms with Crippen LogP contribution in [0.4, 0.5) is 0 Å². The molecule has 0 aliphatic carbocycles. The summed E-state index contributed by atoms with van der Waals surface area (Å²) in [5, 5.41) is 19.9. The van der Waals surface area contributed by atoms with Gasteiger partial charge in [-0.15, -0.1) is 0 Å². The fraction of sp³-hybridized carbons (Fsp3) is 0.179. The number of rotatable bonds is 6. The summed E-state index contributed by atoms with van der Waals surface area (Å²) in [6, 6.07) is 21.3. The van der Waals surface area contributed by atoms with Gasteiger partial charge in [0.1, 0.15) is 0 Å². The summed E-state index contributed by atoms with van der Waals surface area (Å²) in [4.78, 5) is 29.2. The number of nitriles is 1. The number of hydrogen-bond acceptors (Lipinski definition) is 3. The van der Waals surface area contributed by atoms with Gasteiger partial charge in [-0.25, -0.2) is 4.79 Å². The molecule has 174 valence electrons. The van der Waals surface area contributed by atoms with Gasteiger partial charge in [-0.05, 0) is 55.3 Å². The Bertz CT molecular complexity index is 1660. The van der Waals surface area contributed by atoms with Crippen molar-refractivity contribution >= 4 is 27.9 Å². The van der Waals surface area contributed by atoms with Gasteiger partial charge in [-0.3, -0.25) is 13.9 Å². The minimum absolute atomic E-state index is 0.264. The summed E-state index contributed by atoms with van der Waals surface area (Å²) < 4.78 is 3.31. The zero-order valence-electron chi connectivity index (χ0n) is 19.4. The van der Waals surface area contributed by atoms with Crippen molar-refractivity contribution in [1.29, 1.82) is 5.26 Å². The van der Waals surface area contributed by atoms with Gasteiger partial charge in [0.15, 0.2) is 0 Å². The van der Waals surface area contributed by atoms with Gasteiger partial charge in [0.25, 0.3) is 0 Å². The highest BCUT2D eigenvalue weighted by molar-refractivity contribution is 5.87. The first-order valence-electron chi connectivity index (χ1n) is 11.4. The molecular formula is C28H24N4O3. The SMILES string of the molecule is Cc1cccc2[nH]cc(C(C)n3c(=O)n(C(CC(=O)O)c4ccc(C#N)cc4)c4ccccc43)c12. The van der Waals surface area contributed by atoms with Gasteiger partial charge in [0.2, 0.25) is 0 Å². The number of imidazole rings is 1. The van der Waals surface area contributed by atoms with E-state index in [1.807, 2.05) is 62.5 Å². The Hall–Kier alpha value is -4.57. The van der Waals surface area contributed by atoms with E-state index in [1.165, 1.54) is 0 Å². The molecule has 2 atom stereocenters. The standard InChI is InChI=1S/C28H24N4O3/c1-17-6-5-7-22-27(17)21(16-30-22)18(2)31-23-8-3-4-9-24(23)32(28(31)35)25(14-26(33)34)20-12-10-19(15-29)11-13-20/h3-13,16,18,25,30H,14H2,1-2H3,(H,33,34). The molecule has 0 fully saturated rings. The topological polar surface area (TPSA) is 104 Å². The lowest BCUT2D eigenvalue weighted by atomic mass is 10.0. The molecule has 0 amide bonds. The van der Waals surface area contributed by atoms with E-state index in [0.717, 1.165) is 27.5 Å². The van der Waals surface area contributed by atoms with Gasteiger partial charge in [-0.2, -0.15) is 5.26 Å². The first-order valence-corrected chi connectivity index (χ1v) is 11.4. The van der Waals surface area contributed by atoms with Crippen molar-refractivity contribution < 1.29 is 9.90 Å². The van der Waals surface area contributed by atoms with Crippen LogP contribution in [0.25, 0.3) is 21.9 Å². The summed E-state index contributed by atoms with van der Waals surface area (Å²) >= 11 is 0. The lowest BCUT2D eigenvalue weighted by Crippen LogP contribution is -2.31. The Morgan fingerprint density at radius 1 is 1.03 bits per heavy atom. The molecule has 5 rings (SSSR count). The highest BCUT2D eigenvalue weighted by Gasteiger charge is 2.27. The first kappa shape index (κ1) is 22.2. The molecular weight excluding hydrogens is 440 g/mol. The van der Waals surface area contributed by atoms with Crippen molar-refractivity contribution in [1.82, 2.24) is 14.1 Å². The number of carbonyl (C=O) groups is 1. The summed E-state index contributed by atoms with van der Waals surface area (Å²) in [6.45, 7) is 4.04. The Labute approximate surface area is 201 Å². The van der Waals surface area contributed by atoms with E-state index >= 15 is 0 Å². The summed E-state index contributed by atoms with van der Waals surface area (Å²) in [6.07, 6.45) is 1.68. The van der Waals surface area contributed by atoms with Gasteiger partial charge >= 0.3 is 11.7 Å². The van der Waals surface area contributed by atoms with Crippen LogP contribution in [0, 0.1) is 18.3 Å². The predicted molar refractivity (Wildman–Crippen MR) is 135 cm³/mol. The third-order valence-electron chi connectivity index (χ3n) is 6.70. The van der Waals surface area contributed by atoms with E-state index in [0.29, 0.717) is 16.6 Å². The van der Waals surface area contributed by atoms with Gasteiger partial charge in [0.05, 0.1) is 41.2 Å². The number of benzene rings is 3. The van der Waals surface area contributed by atoms with Crippen molar-refractivity contribution in [2.45, 2.75) is 32.4 Å². The molecule has 2 N–H and O–H groups in total. The molecule has 0 aliphatic heterocycles. The van der Waals surface area contributed by atoms with Crippen molar-refractivity contribution in [3.63, 3.8) is 0 Å². The highest BCUT2D eigenvalue weighted by Crippen LogP contribution is 2.32. The average molecular weight is 465 g/mol. The molecule has 5 aromatic rings. The smallest absolute Gasteiger partial charge is 0.330 e. The van der Waals surface area contributed by atoms with E-state index in [4.69, 9.17) is 5.26 Å². The van der Waals surface area contributed by atoms with Crippen LogP contribution in [0.5, 0.6) is 0 Å². The number of aromatic nitrogens is 3. The number of fused-ring (bicyclic) bond motifs is 2. The molecule has 35 heavy (non-hydrogen) atoms. The van der Waals surface area contributed by atoms with Gasteiger partial charge in [0, 0.05) is 22.7 Å². The Morgan fingerprint density at radius 2 is 1.71 bits per heavy atom. The average Bonchev–Trinajstić information content (AvgIpc) is 3.42. The van der Waals surface area contributed by atoms with E-state index in [1.54, 1.807) is 33.4 Å². The van der Waals surface area contributed by atoms with E-state index in [9.17, 15) is 14.7 Å². The third kappa shape index (κ3) is 3.69. The number of aryl methyl sites for hydroxylation is 1. The fourth-order valence-electron chi connectivity index (χ4n) is 5.04. The Balaban J connectivity index is 1.74. The second-order valence-electron chi connectivity index (χ2n) is 8.78. The van der Waals surface area contributed by atoms with Gasteiger partial charge in [-0.1, -0.05) is 36.4 Å². The fourth-order valence-corrected chi connectivity index (χ4v) is 5.04. The van der Waals surface area contributed by atoms with Crippen LogP contribution in [0.15, 0.2) is 77.7 Å². The number of H-pyrrole nitrogens is 1. The molecule has 3 aromatic carbocycles. The normalized spacial score (nSPS) is 13.1. The van der Waals surface area contributed by atoms with Crippen LogP contribution in [-0.4, -0.2) is 25.2 Å². The third-order valence-corrected chi connectivity index (χ3v) is 6.70. The monoisotopic (exact) mass is 464 g/mol. The second kappa shape index (κ2) is 8.65. The van der Waals surface area contributed by atoms with Crippen molar-refractivity contribution in [2.75, 3.05) is 0 Å². The molecule has 0 saturated heterocycles. The number of nitrogens with zero attached hydrogens (tertiary/aromatic N) is 3. The van der Waals surface area contributed by atoms with E-state index in [2.05, 4.69) is 11.1 Å². The largest absolute Gasteiger partial charge is 0.481 e. The van der Waals surface area contributed by atoms with Crippen molar-refractivity contribution in [3.05, 3.63) is 106 Å². The minimum atomic E-state index is -1.01. The molecule has 2 aromatic heterocycles. The zero-order valence-corrected chi connectivity index (χ0v) is 19.4. The Morgan fingerprint density at radius 3 is 2.37 bits per heavy atom. The molecule has 7 heteroatoms. The molecule has 0 bridgehead atoms. The zero-order chi connectivity index (χ0) is 24.7. The maximum absolute atomic E-state index is 14.0. The highest BCUT2D eigenvalue weighted by atomic mass is 16.4. The van der Waals surface area contributed by atoms with Crippen molar-refractivity contribution in [3.8, 4) is 6.07 Å². The Kier molecular flexibility index (Phi) is 5.50. The lowest BCUT2D eigenvalue weighted by molar-refractivity contribution is -0.137. The van der Waals surface area contributed by atoms with Crippen LogP contribution < -0.4 is 5.69 Å². The van der Waals surface area contributed by atoms with E-state index in [-0.39, 0.29) is 18.2 Å². The van der Waals surface area contributed by atoms with Crippen LogP contribution >= 0.6 is 0 Å². The maximum atomic E-state index is 14.0. The minimum Gasteiger partial charge on any atom is -0.481 e. The number of carboxylic acid groups (broad SMARTS) is 1. The predicted octanol–water partition coefficient (Wildman–Crippen LogP) is 5.14. The van der Waals surface area contributed by atoms with Crippen LogP contribution in [0.3, 0.4) is 0 Å². The van der Waals surface area contributed by atoms with Crippen LogP contribution in [-0.2, 0) is 4.79 Å². The number of aliphatic carboxylic acids is 1. The number of nitrogens with one attached hydrogen (secondary N) is 1. The van der Waals surface area contributed by atoms with Crippen molar-refractivity contribution in [2.24, 2.45) is 0 Å². The molecule has 0 saturated carbocycles. The number of hydrogen-bond donors (Lipinski definition) is 2. The summed E-state index contributed by atoms with van der Waals surface area (Å²) in [7, 11) is 0. The quantitative estimate of drug-likeness (QED) is 0.363. The second-order valence-corrected chi connectivity index (χ2v) is 8.78. The van der Waals surface area contributed by atoms with E-state index < -0.39 is 12.0 Å². The van der Waals surface area contributed by atoms with Crippen LogP contribution in [0.1, 0.15) is 47.7 Å². The first-order chi connectivity index (χ1) is 16.9. The number of carboxylic acids is 1. The molecule has 0 spiro atoms. The van der Waals surface area contributed by atoms with Gasteiger partial charge < -0.3 is 10.1 Å². The lowest BCUT2D eigenvalue weighted by Gasteiger charge is -2.18. The molecule has 2 unspecified atom stereocenters. The number of aromatic amines is 1.